The predicted octanol–water partition coefficient (Wildman–Crippen LogP) is 1.52. The van der Waals surface area contributed by atoms with E-state index in [1.807, 2.05) is 0 Å². The lowest BCUT2D eigenvalue weighted by Crippen LogP contribution is -2.37. The lowest BCUT2D eigenvalue weighted by atomic mass is 10.2. The highest BCUT2D eigenvalue weighted by Gasteiger charge is 2.23. The molecular formula is C11H15FN2O4S. The molecule has 0 radical (unpaired) electrons. The van der Waals surface area contributed by atoms with Gasteiger partial charge in [-0.2, -0.15) is 12.7 Å². The lowest BCUT2D eigenvalue weighted by Gasteiger charge is -2.22. The topological polar surface area (TPSA) is 86.7 Å². The molecule has 6 nitrogen and oxygen atoms in total. The number of aromatic carboxylic acids is 1. The van der Waals surface area contributed by atoms with Crippen LogP contribution in [0.3, 0.4) is 0 Å². The van der Waals surface area contributed by atoms with Crippen LogP contribution in [-0.4, -0.2) is 36.9 Å². The molecule has 2 N–H and O–H groups in total. The monoisotopic (exact) mass is 290 g/mol. The summed E-state index contributed by atoms with van der Waals surface area (Å²) in [5.74, 6) is -2.07. The summed E-state index contributed by atoms with van der Waals surface area (Å²) in [5, 5.41) is 8.93. The largest absolute Gasteiger partial charge is 0.478 e. The molecule has 0 fully saturated rings. The van der Waals surface area contributed by atoms with Crippen LogP contribution in [0.4, 0.5) is 10.1 Å². The smallest absolute Gasteiger partial charge is 0.337 e. The first kappa shape index (κ1) is 15.4. The van der Waals surface area contributed by atoms with Crippen LogP contribution in [0, 0.1) is 5.82 Å². The normalized spacial score (nSPS) is 11.9. The third-order valence-electron chi connectivity index (χ3n) is 2.56. The zero-order valence-corrected chi connectivity index (χ0v) is 11.5. The number of hydrogen-bond acceptors (Lipinski definition) is 3. The van der Waals surface area contributed by atoms with Gasteiger partial charge in [-0.15, -0.1) is 0 Å². The van der Waals surface area contributed by atoms with Gasteiger partial charge in [-0.05, 0) is 32.0 Å². The summed E-state index contributed by atoms with van der Waals surface area (Å²) in [7, 11) is -2.59. The first-order valence-corrected chi connectivity index (χ1v) is 6.87. The summed E-state index contributed by atoms with van der Waals surface area (Å²) in [6, 6.07) is 2.47. The average molecular weight is 290 g/mol. The Kier molecular flexibility index (Phi) is 4.48. The Bertz CT molecular complexity index is 586. The summed E-state index contributed by atoms with van der Waals surface area (Å²) >= 11 is 0. The van der Waals surface area contributed by atoms with Crippen LogP contribution in [0.1, 0.15) is 24.2 Å². The van der Waals surface area contributed by atoms with Crippen LogP contribution in [0.2, 0.25) is 0 Å². The number of carboxylic acids is 1. The van der Waals surface area contributed by atoms with Gasteiger partial charge in [0, 0.05) is 13.1 Å². The zero-order chi connectivity index (χ0) is 14.8. The predicted molar refractivity (Wildman–Crippen MR) is 68.8 cm³/mol. The fraction of sp³-hybridized carbons (Fsp3) is 0.364. The van der Waals surface area contributed by atoms with Gasteiger partial charge in [-0.25, -0.2) is 9.18 Å². The number of carbonyl (C=O) groups is 1. The number of hydrogen-bond donors (Lipinski definition) is 2. The van der Waals surface area contributed by atoms with E-state index in [-0.39, 0.29) is 17.3 Å². The molecule has 0 heterocycles. The van der Waals surface area contributed by atoms with Gasteiger partial charge in [0.15, 0.2) is 0 Å². The van der Waals surface area contributed by atoms with Crippen LogP contribution in [0.15, 0.2) is 18.2 Å². The fourth-order valence-electron chi connectivity index (χ4n) is 1.28. The maximum absolute atomic E-state index is 13.1. The standard InChI is InChI=1S/C11H15FN2O4S/c1-7(2)14(3)19(17,18)13-10-6-8(12)4-5-9(10)11(15)16/h4-7,13H,1-3H3,(H,15,16). The number of carboxylic acid groups (broad SMARTS) is 1. The summed E-state index contributed by atoms with van der Waals surface area (Å²) in [6.45, 7) is 3.31. The second kappa shape index (κ2) is 5.54. The summed E-state index contributed by atoms with van der Waals surface area (Å²) in [6.07, 6.45) is 0. The van der Waals surface area contributed by atoms with E-state index in [2.05, 4.69) is 4.72 Å². The van der Waals surface area contributed by atoms with Crippen molar-refractivity contribution >= 4 is 21.9 Å². The first-order valence-electron chi connectivity index (χ1n) is 5.43. The molecule has 0 spiro atoms. The Morgan fingerprint density at radius 1 is 1.42 bits per heavy atom. The molecule has 0 saturated heterocycles. The molecule has 19 heavy (non-hydrogen) atoms. The molecule has 0 aromatic heterocycles. The zero-order valence-electron chi connectivity index (χ0n) is 10.7. The van der Waals surface area contributed by atoms with Gasteiger partial charge in [-0.1, -0.05) is 0 Å². The van der Waals surface area contributed by atoms with E-state index in [9.17, 15) is 17.6 Å². The molecule has 8 heteroatoms. The van der Waals surface area contributed by atoms with Crippen molar-refractivity contribution in [1.82, 2.24) is 4.31 Å². The van der Waals surface area contributed by atoms with Crippen molar-refractivity contribution < 1.29 is 22.7 Å². The van der Waals surface area contributed by atoms with E-state index in [1.54, 1.807) is 13.8 Å². The van der Waals surface area contributed by atoms with Gasteiger partial charge in [0.1, 0.15) is 5.82 Å². The summed E-state index contributed by atoms with van der Waals surface area (Å²) in [4.78, 5) is 11.0. The molecule has 0 aliphatic rings. The molecule has 1 aromatic carbocycles. The van der Waals surface area contributed by atoms with Crippen molar-refractivity contribution in [1.29, 1.82) is 0 Å². The number of nitrogens with zero attached hydrogens (tertiary/aromatic N) is 1. The molecular weight excluding hydrogens is 275 g/mol. The van der Waals surface area contributed by atoms with Gasteiger partial charge in [0.2, 0.25) is 0 Å². The Morgan fingerprint density at radius 3 is 2.47 bits per heavy atom. The van der Waals surface area contributed by atoms with E-state index in [4.69, 9.17) is 5.11 Å². The van der Waals surface area contributed by atoms with Gasteiger partial charge in [0.25, 0.3) is 0 Å². The fourth-order valence-corrected chi connectivity index (χ4v) is 2.42. The summed E-state index contributed by atoms with van der Waals surface area (Å²) < 4.78 is 40.0. The molecule has 0 saturated carbocycles. The highest BCUT2D eigenvalue weighted by Crippen LogP contribution is 2.20. The highest BCUT2D eigenvalue weighted by atomic mass is 32.2. The Morgan fingerprint density at radius 2 is 2.00 bits per heavy atom. The van der Waals surface area contributed by atoms with E-state index < -0.39 is 22.0 Å². The Labute approximate surface area is 111 Å². The van der Waals surface area contributed by atoms with Crippen molar-refractivity contribution in [3.8, 4) is 0 Å². The average Bonchev–Trinajstić information content (AvgIpc) is 2.26. The van der Waals surface area contributed by atoms with E-state index in [0.29, 0.717) is 0 Å². The molecule has 0 aliphatic carbocycles. The first-order chi connectivity index (χ1) is 8.65. The number of nitrogens with one attached hydrogen (secondary N) is 1. The number of anilines is 1. The van der Waals surface area contributed by atoms with Crippen LogP contribution in [0.5, 0.6) is 0 Å². The molecule has 106 valence electrons. The van der Waals surface area contributed by atoms with Gasteiger partial charge < -0.3 is 5.11 Å². The minimum atomic E-state index is -3.93. The van der Waals surface area contributed by atoms with E-state index >= 15 is 0 Å². The van der Waals surface area contributed by atoms with Gasteiger partial charge >= 0.3 is 16.2 Å². The van der Waals surface area contributed by atoms with Crippen molar-refractivity contribution in [2.45, 2.75) is 19.9 Å². The maximum atomic E-state index is 13.1. The molecule has 0 amide bonds. The van der Waals surface area contributed by atoms with Crippen LogP contribution in [-0.2, 0) is 10.2 Å². The Balaban J connectivity index is 3.19. The third kappa shape index (κ3) is 3.65. The van der Waals surface area contributed by atoms with Crippen molar-refractivity contribution in [2.24, 2.45) is 0 Å². The van der Waals surface area contributed by atoms with Crippen LogP contribution < -0.4 is 4.72 Å². The minimum Gasteiger partial charge on any atom is -0.478 e. The minimum absolute atomic E-state index is 0.306. The lowest BCUT2D eigenvalue weighted by molar-refractivity contribution is 0.0698. The van der Waals surface area contributed by atoms with Crippen molar-refractivity contribution in [2.75, 3.05) is 11.8 Å². The molecule has 0 aliphatic heterocycles. The highest BCUT2D eigenvalue weighted by molar-refractivity contribution is 7.90. The van der Waals surface area contributed by atoms with E-state index in [0.717, 1.165) is 22.5 Å². The second-order valence-electron chi connectivity index (χ2n) is 4.21. The molecule has 1 aromatic rings. The summed E-state index contributed by atoms with van der Waals surface area (Å²) in [5.41, 5.74) is -0.623. The quantitative estimate of drug-likeness (QED) is 0.860. The van der Waals surface area contributed by atoms with Crippen molar-refractivity contribution in [3.63, 3.8) is 0 Å². The SMILES string of the molecule is CC(C)N(C)S(=O)(=O)Nc1cc(F)ccc1C(=O)O. The number of benzene rings is 1. The molecule has 1 rings (SSSR count). The van der Waals surface area contributed by atoms with Crippen LogP contribution >= 0.6 is 0 Å². The molecule has 0 unspecified atom stereocenters. The Hall–Kier alpha value is -1.67. The number of halogens is 1. The van der Waals surface area contributed by atoms with Gasteiger partial charge in [-0.3, -0.25) is 4.72 Å². The molecule has 0 atom stereocenters. The maximum Gasteiger partial charge on any atom is 0.337 e. The van der Waals surface area contributed by atoms with Gasteiger partial charge in [0.05, 0.1) is 11.3 Å². The second-order valence-corrected chi connectivity index (χ2v) is 5.94. The van der Waals surface area contributed by atoms with Crippen LogP contribution in [0.25, 0.3) is 0 Å². The van der Waals surface area contributed by atoms with E-state index in [1.165, 1.54) is 7.05 Å². The molecule has 0 bridgehead atoms. The number of rotatable bonds is 5. The van der Waals surface area contributed by atoms with Crippen molar-refractivity contribution in [3.05, 3.63) is 29.6 Å². The third-order valence-corrected chi connectivity index (χ3v) is 4.22.